The third-order valence-electron chi connectivity index (χ3n) is 4.92. The van der Waals surface area contributed by atoms with Crippen LogP contribution >= 0.6 is 11.6 Å². The van der Waals surface area contributed by atoms with E-state index in [0.717, 1.165) is 19.3 Å². The molecule has 0 radical (unpaired) electrons. The monoisotopic (exact) mass is 382 g/mol. The summed E-state index contributed by atoms with van der Waals surface area (Å²) >= 11 is 6.05. The predicted molar refractivity (Wildman–Crippen MR) is 106 cm³/mol. The molecule has 0 aromatic heterocycles. The summed E-state index contributed by atoms with van der Waals surface area (Å²) in [5.41, 5.74) is 2.34. The molecule has 4 nitrogen and oxygen atoms in total. The van der Waals surface area contributed by atoms with Gasteiger partial charge in [-0.1, -0.05) is 37.6 Å². The van der Waals surface area contributed by atoms with Crippen LogP contribution in [0.3, 0.4) is 0 Å². The van der Waals surface area contributed by atoms with Gasteiger partial charge in [0.05, 0.1) is 10.6 Å². The molecule has 0 bridgehead atoms. The summed E-state index contributed by atoms with van der Waals surface area (Å²) in [6, 6.07) is 15.0. The first-order valence-electron chi connectivity index (χ1n) is 9.23. The molecule has 0 spiro atoms. The molecule has 1 fully saturated rings. The highest BCUT2D eigenvalue weighted by molar-refractivity contribution is 6.31. The van der Waals surface area contributed by atoms with Gasteiger partial charge in [0.15, 0.2) is 0 Å². The molecule has 1 aliphatic carbocycles. The van der Waals surface area contributed by atoms with Gasteiger partial charge in [-0.25, -0.2) is 0 Å². The highest BCUT2D eigenvalue weighted by Gasteiger charge is 2.27. The topological polar surface area (TPSA) is 62.1 Å². The first-order valence-corrected chi connectivity index (χ1v) is 9.61. The first-order chi connectivity index (χ1) is 13.0. The maximum absolute atomic E-state index is 12.5. The Balaban J connectivity index is 1.54. The van der Waals surface area contributed by atoms with Crippen LogP contribution in [0.25, 0.3) is 0 Å². The lowest BCUT2D eigenvalue weighted by molar-refractivity contribution is 0.0935. The van der Waals surface area contributed by atoms with E-state index in [2.05, 4.69) is 19.2 Å². The Morgan fingerprint density at radius 2 is 1.96 bits per heavy atom. The number of hydrogen-bond donors (Lipinski definition) is 1. The second kappa shape index (κ2) is 8.45. The van der Waals surface area contributed by atoms with Crippen LogP contribution in [0.5, 0.6) is 5.75 Å². The number of amides is 1. The van der Waals surface area contributed by atoms with E-state index in [1.54, 1.807) is 18.2 Å². The zero-order chi connectivity index (χ0) is 19.4. The van der Waals surface area contributed by atoms with Crippen molar-refractivity contribution in [2.24, 2.45) is 0 Å². The van der Waals surface area contributed by atoms with Gasteiger partial charge < -0.3 is 10.1 Å². The normalized spacial score (nSPS) is 18.9. The van der Waals surface area contributed by atoms with Gasteiger partial charge in [0.25, 0.3) is 5.91 Å². The molecule has 2 aromatic rings. The third-order valence-corrected chi connectivity index (χ3v) is 5.24. The Morgan fingerprint density at radius 3 is 2.59 bits per heavy atom. The molecule has 0 heterocycles. The number of nitrogens with zero attached hydrogens (tertiary/aromatic N) is 1. The molecule has 1 saturated carbocycles. The number of hydrogen-bond acceptors (Lipinski definition) is 3. The van der Waals surface area contributed by atoms with Gasteiger partial charge in [0.2, 0.25) is 0 Å². The Labute approximate surface area is 165 Å². The maximum atomic E-state index is 12.5. The summed E-state index contributed by atoms with van der Waals surface area (Å²) < 4.78 is 5.97. The number of rotatable bonds is 5. The standard InChI is InChI=1S/C22H23ClN2O2/c1-14(2)15-3-5-16(6-4-15)22(26)25-18-8-10-19(11-18)27-20-9-7-17(13-24)21(23)12-20/h3-7,9,12,14,18-19H,8,10-11H2,1-2H3,(H,25,26)/t18-,19-/m1/s1. The van der Waals surface area contributed by atoms with Crippen molar-refractivity contribution in [2.45, 2.75) is 51.2 Å². The fraction of sp³-hybridized carbons (Fsp3) is 0.364. The molecule has 1 amide bonds. The molecule has 5 heteroatoms. The van der Waals surface area contributed by atoms with E-state index in [0.29, 0.717) is 27.8 Å². The lowest BCUT2D eigenvalue weighted by Gasteiger charge is -2.16. The molecule has 1 aliphatic rings. The van der Waals surface area contributed by atoms with E-state index in [-0.39, 0.29) is 18.1 Å². The van der Waals surface area contributed by atoms with Crippen molar-refractivity contribution in [3.63, 3.8) is 0 Å². The SMILES string of the molecule is CC(C)c1ccc(C(=O)N[C@@H]2CC[C@@H](Oc3ccc(C#N)c(Cl)c3)C2)cc1. The summed E-state index contributed by atoms with van der Waals surface area (Å²) in [6.07, 6.45) is 2.54. The molecule has 27 heavy (non-hydrogen) atoms. The summed E-state index contributed by atoms with van der Waals surface area (Å²) in [7, 11) is 0. The van der Waals surface area contributed by atoms with E-state index in [1.807, 2.05) is 30.3 Å². The Morgan fingerprint density at radius 1 is 1.22 bits per heavy atom. The zero-order valence-corrected chi connectivity index (χ0v) is 16.3. The molecule has 2 atom stereocenters. The minimum absolute atomic E-state index is 0.0302. The van der Waals surface area contributed by atoms with Crippen molar-refractivity contribution < 1.29 is 9.53 Å². The van der Waals surface area contributed by atoms with Crippen molar-refractivity contribution in [3.8, 4) is 11.8 Å². The van der Waals surface area contributed by atoms with Crippen LogP contribution in [0.2, 0.25) is 5.02 Å². The van der Waals surface area contributed by atoms with E-state index in [4.69, 9.17) is 21.6 Å². The van der Waals surface area contributed by atoms with Crippen LogP contribution in [0.15, 0.2) is 42.5 Å². The number of nitriles is 1. The number of carbonyl (C=O) groups is 1. The number of halogens is 1. The fourth-order valence-electron chi connectivity index (χ4n) is 3.32. The Bertz CT molecular complexity index is 856. The van der Waals surface area contributed by atoms with Gasteiger partial charge >= 0.3 is 0 Å². The van der Waals surface area contributed by atoms with Crippen LogP contribution < -0.4 is 10.1 Å². The van der Waals surface area contributed by atoms with Crippen molar-refractivity contribution in [1.82, 2.24) is 5.32 Å². The predicted octanol–water partition coefficient (Wildman–Crippen LogP) is 5.06. The van der Waals surface area contributed by atoms with Crippen molar-refractivity contribution in [3.05, 3.63) is 64.2 Å². The van der Waals surface area contributed by atoms with E-state index >= 15 is 0 Å². The lowest BCUT2D eigenvalue weighted by Crippen LogP contribution is -2.33. The van der Waals surface area contributed by atoms with Crippen LogP contribution in [-0.4, -0.2) is 18.1 Å². The lowest BCUT2D eigenvalue weighted by atomic mass is 10.0. The highest BCUT2D eigenvalue weighted by atomic mass is 35.5. The van der Waals surface area contributed by atoms with Crippen molar-refractivity contribution >= 4 is 17.5 Å². The second-order valence-electron chi connectivity index (χ2n) is 7.25. The largest absolute Gasteiger partial charge is 0.490 e. The van der Waals surface area contributed by atoms with Crippen LogP contribution in [0.4, 0.5) is 0 Å². The maximum Gasteiger partial charge on any atom is 0.251 e. The van der Waals surface area contributed by atoms with E-state index in [9.17, 15) is 4.79 Å². The quantitative estimate of drug-likeness (QED) is 0.785. The number of ether oxygens (including phenoxy) is 1. The summed E-state index contributed by atoms with van der Waals surface area (Å²) in [4.78, 5) is 12.5. The fourth-order valence-corrected chi connectivity index (χ4v) is 3.53. The molecule has 0 saturated heterocycles. The molecular formula is C22H23ClN2O2. The molecule has 1 N–H and O–H groups in total. The summed E-state index contributed by atoms with van der Waals surface area (Å²) in [6.45, 7) is 4.27. The number of nitrogens with one attached hydrogen (secondary N) is 1. The van der Waals surface area contributed by atoms with Crippen molar-refractivity contribution in [2.75, 3.05) is 0 Å². The van der Waals surface area contributed by atoms with Crippen LogP contribution in [0, 0.1) is 11.3 Å². The molecule has 0 unspecified atom stereocenters. The minimum atomic E-state index is -0.0441. The summed E-state index contributed by atoms with van der Waals surface area (Å²) in [5, 5.41) is 12.4. The Hall–Kier alpha value is -2.51. The summed E-state index contributed by atoms with van der Waals surface area (Å²) in [5.74, 6) is 1.06. The van der Waals surface area contributed by atoms with Crippen molar-refractivity contribution in [1.29, 1.82) is 5.26 Å². The molecule has 2 aromatic carbocycles. The van der Waals surface area contributed by atoms with Gasteiger partial charge in [0.1, 0.15) is 17.9 Å². The molecule has 3 rings (SSSR count). The average molecular weight is 383 g/mol. The third kappa shape index (κ3) is 4.81. The average Bonchev–Trinajstić information content (AvgIpc) is 3.08. The van der Waals surface area contributed by atoms with Gasteiger partial charge in [0, 0.05) is 24.1 Å². The van der Waals surface area contributed by atoms with E-state index in [1.165, 1.54) is 5.56 Å². The second-order valence-corrected chi connectivity index (χ2v) is 7.66. The van der Waals surface area contributed by atoms with Gasteiger partial charge in [-0.05, 0) is 48.6 Å². The number of carbonyl (C=O) groups excluding carboxylic acids is 1. The van der Waals surface area contributed by atoms with Gasteiger partial charge in [-0.2, -0.15) is 5.26 Å². The molecule has 140 valence electrons. The molecular weight excluding hydrogens is 360 g/mol. The van der Waals surface area contributed by atoms with Gasteiger partial charge in [-0.3, -0.25) is 4.79 Å². The van der Waals surface area contributed by atoms with Crippen LogP contribution in [-0.2, 0) is 0 Å². The zero-order valence-electron chi connectivity index (χ0n) is 15.5. The number of benzene rings is 2. The highest BCUT2D eigenvalue weighted by Crippen LogP contribution is 2.28. The van der Waals surface area contributed by atoms with Crippen LogP contribution in [0.1, 0.15) is 60.5 Å². The molecule has 0 aliphatic heterocycles. The minimum Gasteiger partial charge on any atom is -0.490 e. The smallest absolute Gasteiger partial charge is 0.251 e. The Kier molecular flexibility index (Phi) is 6.03. The van der Waals surface area contributed by atoms with Gasteiger partial charge in [-0.15, -0.1) is 0 Å². The van der Waals surface area contributed by atoms with E-state index < -0.39 is 0 Å². The first kappa shape index (κ1) is 19.3.